The molecule has 2 fully saturated rings. The molecule has 2 atom stereocenters. The monoisotopic (exact) mass is 210 g/mol. The maximum Gasteiger partial charge on any atom is 0.00390 e. The number of hydrogen-bond donors (Lipinski definition) is 2. The second-order valence-electron chi connectivity index (χ2n) is 5.70. The fraction of sp³-hybridized carbons (Fsp3) is 1.00. The molecular formula is C13H26N2. The minimum Gasteiger partial charge on any atom is -0.330 e. The van der Waals surface area contributed by atoms with Crippen molar-refractivity contribution >= 4 is 0 Å². The van der Waals surface area contributed by atoms with Crippen molar-refractivity contribution in [3.63, 3.8) is 0 Å². The van der Waals surface area contributed by atoms with Crippen molar-refractivity contribution in [3.05, 3.63) is 0 Å². The van der Waals surface area contributed by atoms with E-state index in [0.29, 0.717) is 6.04 Å². The minimum absolute atomic E-state index is 0.496. The largest absolute Gasteiger partial charge is 0.330 e. The third kappa shape index (κ3) is 2.94. The van der Waals surface area contributed by atoms with Gasteiger partial charge in [-0.3, -0.25) is 0 Å². The quantitative estimate of drug-likeness (QED) is 0.734. The van der Waals surface area contributed by atoms with Crippen LogP contribution in [-0.4, -0.2) is 12.6 Å². The third-order valence-corrected chi connectivity index (χ3v) is 4.64. The first-order valence-electron chi connectivity index (χ1n) is 6.75. The first kappa shape index (κ1) is 11.4. The standard InChI is InChI=1S/C13H26N2/c14-9-10-2-1-3-12(8-10)11-4-6-13(15)7-5-11/h10-13H,1-9,14-15H2/t10?,11-,12?,13-. The average molecular weight is 210 g/mol. The van der Waals surface area contributed by atoms with E-state index in [4.69, 9.17) is 11.5 Å². The van der Waals surface area contributed by atoms with Crippen LogP contribution in [-0.2, 0) is 0 Å². The lowest BCUT2D eigenvalue weighted by Gasteiger charge is -2.37. The SMILES string of the molecule is NCC1CCCC([C@H]2CC[C@H](N)CC2)C1. The van der Waals surface area contributed by atoms with Gasteiger partial charge in [0.25, 0.3) is 0 Å². The van der Waals surface area contributed by atoms with Crippen LogP contribution in [0.5, 0.6) is 0 Å². The number of nitrogens with two attached hydrogens (primary N) is 2. The van der Waals surface area contributed by atoms with Crippen LogP contribution in [0.2, 0.25) is 0 Å². The van der Waals surface area contributed by atoms with Crippen molar-refractivity contribution in [3.8, 4) is 0 Å². The van der Waals surface area contributed by atoms with Crippen LogP contribution < -0.4 is 11.5 Å². The molecule has 2 aliphatic rings. The zero-order valence-electron chi connectivity index (χ0n) is 9.83. The summed E-state index contributed by atoms with van der Waals surface area (Å²) in [6.45, 7) is 0.905. The van der Waals surface area contributed by atoms with Gasteiger partial charge < -0.3 is 11.5 Å². The highest BCUT2D eigenvalue weighted by molar-refractivity contribution is 4.83. The maximum absolute atomic E-state index is 5.96. The van der Waals surface area contributed by atoms with Crippen molar-refractivity contribution in [2.75, 3.05) is 6.54 Å². The van der Waals surface area contributed by atoms with Crippen LogP contribution in [0.15, 0.2) is 0 Å². The first-order valence-corrected chi connectivity index (χ1v) is 6.75. The predicted octanol–water partition coefficient (Wildman–Crippen LogP) is 2.27. The Labute approximate surface area is 93.8 Å². The van der Waals surface area contributed by atoms with Crippen LogP contribution in [0.1, 0.15) is 51.4 Å². The third-order valence-electron chi connectivity index (χ3n) is 4.64. The maximum atomic E-state index is 5.96. The molecule has 0 aromatic rings. The van der Waals surface area contributed by atoms with Crippen molar-refractivity contribution in [1.29, 1.82) is 0 Å². The van der Waals surface area contributed by atoms with E-state index in [1.54, 1.807) is 0 Å². The van der Waals surface area contributed by atoms with Gasteiger partial charge in [-0.2, -0.15) is 0 Å². The summed E-state index contributed by atoms with van der Waals surface area (Å²) < 4.78 is 0. The highest BCUT2D eigenvalue weighted by atomic mass is 14.6. The van der Waals surface area contributed by atoms with Gasteiger partial charge in [0, 0.05) is 6.04 Å². The van der Waals surface area contributed by atoms with Gasteiger partial charge in [-0.05, 0) is 62.8 Å². The molecule has 2 saturated carbocycles. The molecule has 0 heterocycles. The molecule has 2 heteroatoms. The predicted molar refractivity (Wildman–Crippen MR) is 64.4 cm³/mol. The summed E-state index contributed by atoms with van der Waals surface area (Å²) in [5.41, 5.74) is 11.8. The Balaban J connectivity index is 1.82. The molecule has 2 nitrogen and oxygen atoms in total. The van der Waals surface area contributed by atoms with E-state index >= 15 is 0 Å². The Hall–Kier alpha value is -0.0800. The van der Waals surface area contributed by atoms with Crippen LogP contribution >= 0.6 is 0 Å². The van der Waals surface area contributed by atoms with E-state index in [-0.39, 0.29) is 0 Å². The van der Waals surface area contributed by atoms with Gasteiger partial charge >= 0.3 is 0 Å². The molecule has 0 aliphatic heterocycles. The van der Waals surface area contributed by atoms with Crippen molar-refractivity contribution < 1.29 is 0 Å². The Kier molecular flexibility index (Phi) is 4.04. The molecule has 88 valence electrons. The van der Waals surface area contributed by atoms with Gasteiger partial charge in [-0.1, -0.05) is 12.8 Å². The summed E-state index contributed by atoms with van der Waals surface area (Å²) >= 11 is 0. The molecule has 0 spiro atoms. The first-order chi connectivity index (χ1) is 7.29. The second-order valence-corrected chi connectivity index (χ2v) is 5.70. The van der Waals surface area contributed by atoms with E-state index in [9.17, 15) is 0 Å². The van der Waals surface area contributed by atoms with E-state index in [2.05, 4.69) is 0 Å². The normalized spacial score (nSPS) is 42.8. The molecule has 2 unspecified atom stereocenters. The molecule has 2 rings (SSSR count). The van der Waals surface area contributed by atoms with Crippen molar-refractivity contribution in [2.45, 2.75) is 57.4 Å². The van der Waals surface area contributed by atoms with Gasteiger partial charge in [-0.25, -0.2) is 0 Å². The second kappa shape index (κ2) is 5.31. The van der Waals surface area contributed by atoms with Gasteiger partial charge in [0.1, 0.15) is 0 Å². The smallest absolute Gasteiger partial charge is 0.00390 e. The van der Waals surface area contributed by atoms with E-state index in [1.165, 1.54) is 51.4 Å². The molecule has 0 aromatic carbocycles. The average Bonchev–Trinajstić information content (AvgIpc) is 2.30. The Morgan fingerprint density at radius 2 is 1.60 bits per heavy atom. The van der Waals surface area contributed by atoms with Gasteiger partial charge in [0.2, 0.25) is 0 Å². The summed E-state index contributed by atoms with van der Waals surface area (Å²) in [6.07, 6.45) is 10.9. The van der Waals surface area contributed by atoms with Gasteiger partial charge in [0.05, 0.1) is 0 Å². The fourth-order valence-electron chi connectivity index (χ4n) is 3.59. The molecule has 2 aliphatic carbocycles. The van der Waals surface area contributed by atoms with Crippen LogP contribution in [0.3, 0.4) is 0 Å². The van der Waals surface area contributed by atoms with Crippen LogP contribution in [0.25, 0.3) is 0 Å². The molecular weight excluding hydrogens is 184 g/mol. The molecule has 0 aromatic heterocycles. The van der Waals surface area contributed by atoms with Gasteiger partial charge in [0.15, 0.2) is 0 Å². The fourth-order valence-corrected chi connectivity index (χ4v) is 3.59. The van der Waals surface area contributed by atoms with Crippen molar-refractivity contribution in [2.24, 2.45) is 29.2 Å². The highest BCUT2D eigenvalue weighted by Crippen LogP contribution is 2.39. The summed E-state index contributed by atoms with van der Waals surface area (Å²) in [7, 11) is 0. The molecule has 0 bridgehead atoms. The van der Waals surface area contributed by atoms with E-state index in [1.807, 2.05) is 0 Å². The lowest BCUT2D eigenvalue weighted by molar-refractivity contribution is 0.156. The van der Waals surface area contributed by atoms with E-state index in [0.717, 1.165) is 24.3 Å². The minimum atomic E-state index is 0.496. The highest BCUT2D eigenvalue weighted by Gasteiger charge is 2.30. The summed E-state index contributed by atoms with van der Waals surface area (Å²) in [4.78, 5) is 0. The topological polar surface area (TPSA) is 52.0 Å². The molecule has 15 heavy (non-hydrogen) atoms. The summed E-state index contributed by atoms with van der Waals surface area (Å²) in [5.74, 6) is 2.76. The zero-order chi connectivity index (χ0) is 10.7. The lowest BCUT2D eigenvalue weighted by Crippen LogP contribution is -2.32. The van der Waals surface area contributed by atoms with Crippen molar-refractivity contribution in [1.82, 2.24) is 0 Å². The van der Waals surface area contributed by atoms with Crippen LogP contribution in [0, 0.1) is 17.8 Å². The molecule has 0 radical (unpaired) electrons. The molecule has 4 N–H and O–H groups in total. The lowest BCUT2D eigenvalue weighted by atomic mass is 9.70. The van der Waals surface area contributed by atoms with Gasteiger partial charge in [-0.15, -0.1) is 0 Å². The Morgan fingerprint density at radius 3 is 2.27 bits per heavy atom. The number of hydrogen-bond acceptors (Lipinski definition) is 2. The summed E-state index contributed by atoms with van der Waals surface area (Å²) in [5, 5.41) is 0. The zero-order valence-corrected chi connectivity index (χ0v) is 9.83. The van der Waals surface area contributed by atoms with E-state index < -0.39 is 0 Å². The molecule has 0 amide bonds. The number of rotatable bonds is 2. The Morgan fingerprint density at radius 1 is 0.867 bits per heavy atom. The Bertz CT molecular complexity index is 185. The molecule has 0 saturated heterocycles. The summed E-state index contributed by atoms with van der Waals surface area (Å²) in [6, 6.07) is 0.496. The van der Waals surface area contributed by atoms with Crippen LogP contribution in [0.4, 0.5) is 0 Å².